The number of benzene rings is 1. The quantitative estimate of drug-likeness (QED) is 0.527. The fourth-order valence-electron chi connectivity index (χ4n) is 4.39. The van der Waals surface area contributed by atoms with Gasteiger partial charge in [0.15, 0.2) is 6.61 Å². The van der Waals surface area contributed by atoms with Crippen LogP contribution < -0.4 is 10.2 Å². The molecule has 1 aromatic carbocycles. The second kappa shape index (κ2) is 11.4. The number of amides is 1. The minimum absolute atomic E-state index is 0.0403. The van der Waals surface area contributed by atoms with Crippen molar-refractivity contribution in [2.75, 3.05) is 56.2 Å². The molecule has 0 unspecified atom stereocenters. The van der Waals surface area contributed by atoms with Crippen molar-refractivity contribution in [3.8, 4) is 0 Å². The van der Waals surface area contributed by atoms with Crippen molar-refractivity contribution in [2.45, 2.75) is 44.0 Å². The third-order valence-corrected chi connectivity index (χ3v) is 8.15. The average Bonchev–Trinajstić information content (AvgIpc) is 3.36. The highest BCUT2D eigenvalue weighted by atomic mass is 32.2. The summed E-state index contributed by atoms with van der Waals surface area (Å²) in [7, 11) is -3.75. The van der Waals surface area contributed by atoms with Gasteiger partial charge in [-0.3, -0.25) is 4.79 Å². The van der Waals surface area contributed by atoms with E-state index in [4.69, 9.17) is 9.47 Å². The van der Waals surface area contributed by atoms with Crippen LogP contribution in [0.4, 0.5) is 11.5 Å². The number of nitrogens with one attached hydrogen (secondary N) is 1. The van der Waals surface area contributed by atoms with Crippen molar-refractivity contribution in [1.82, 2.24) is 14.1 Å². The number of carbonyl (C=O) groups is 2. The maximum absolute atomic E-state index is 13.2. The largest absolute Gasteiger partial charge is 0.452 e. The molecular weight excluding hydrogens is 486 g/mol. The molecule has 0 bridgehead atoms. The van der Waals surface area contributed by atoms with E-state index in [0.29, 0.717) is 50.9 Å². The molecule has 0 aliphatic carbocycles. The highest BCUT2D eigenvalue weighted by Gasteiger charge is 2.29. The van der Waals surface area contributed by atoms with E-state index in [-0.39, 0.29) is 16.5 Å². The summed E-state index contributed by atoms with van der Waals surface area (Å²) >= 11 is 0. The lowest BCUT2D eigenvalue weighted by Crippen LogP contribution is -2.38. The van der Waals surface area contributed by atoms with Crippen molar-refractivity contribution < 1.29 is 27.5 Å². The minimum Gasteiger partial charge on any atom is -0.452 e. The molecule has 1 aromatic heterocycles. The van der Waals surface area contributed by atoms with Crippen LogP contribution >= 0.6 is 0 Å². The average molecular weight is 520 g/mol. The molecule has 0 spiro atoms. The van der Waals surface area contributed by atoms with Gasteiger partial charge in [0, 0.05) is 38.3 Å². The van der Waals surface area contributed by atoms with E-state index in [9.17, 15) is 18.0 Å². The molecule has 0 saturated carbocycles. The molecule has 2 fully saturated rings. The van der Waals surface area contributed by atoms with Gasteiger partial charge in [0.2, 0.25) is 10.0 Å². The number of morpholine rings is 1. The number of hydrogen-bond donors (Lipinski definition) is 1. The Morgan fingerprint density at radius 3 is 2.50 bits per heavy atom. The number of hydrogen-bond acceptors (Lipinski definition) is 8. The van der Waals surface area contributed by atoms with E-state index in [0.717, 1.165) is 19.3 Å². The summed E-state index contributed by atoms with van der Waals surface area (Å²) < 4.78 is 40.3. The predicted octanol–water partition coefficient (Wildman–Crippen LogP) is 2.27. The van der Waals surface area contributed by atoms with Gasteiger partial charge in [-0.05, 0) is 44.9 Å². The number of esters is 1. The lowest BCUT2D eigenvalue weighted by molar-refractivity contribution is -0.119. The smallest absolute Gasteiger partial charge is 0.340 e. The molecular formula is C24H33N5O6S. The van der Waals surface area contributed by atoms with Crippen LogP contribution in [0.15, 0.2) is 35.4 Å². The highest BCUT2D eigenvalue weighted by Crippen LogP contribution is 2.28. The molecule has 0 atom stereocenters. The number of anilines is 2. The Bertz CT molecular complexity index is 1180. The van der Waals surface area contributed by atoms with E-state index >= 15 is 0 Å². The Hall–Kier alpha value is -2.96. The Kier molecular flexibility index (Phi) is 8.27. The number of nitrogens with zero attached hydrogens (tertiary/aromatic N) is 4. The molecule has 0 radical (unpaired) electrons. The van der Waals surface area contributed by atoms with Crippen molar-refractivity contribution in [2.24, 2.45) is 0 Å². The number of ether oxygens (including phenoxy) is 2. The SMILES string of the molecule is CC(C)n1nccc1NC(=O)COC(=O)c1cc(S(=O)(=O)N2CCCCC2)ccc1N1CCOCC1. The van der Waals surface area contributed by atoms with Gasteiger partial charge >= 0.3 is 5.97 Å². The summed E-state index contributed by atoms with van der Waals surface area (Å²) in [5, 5.41) is 6.85. The van der Waals surface area contributed by atoms with Gasteiger partial charge in [0.05, 0.1) is 35.6 Å². The van der Waals surface area contributed by atoms with E-state index in [1.54, 1.807) is 23.0 Å². The predicted molar refractivity (Wildman–Crippen MR) is 134 cm³/mol. The number of carbonyl (C=O) groups excluding carboxylic acids is 2. The highest BCUT2D eigenvalue weighted by molar-refractivity contribution is 7.89. The molecule has 2 aliphatic heterocycles. The van der Waals surface area contributed by atoms with Gasteiger partial charge in [-0.2, -0.15) is 9.40 Å². The van der Waals surface area contributed by atoms with Crippen LogP contribution in [0.25, 0.3) is 0 Å². The third kappa shape index (κ3) is 5.88. The summed E-state index contributed by atoms with van der Waals surface area (Å²) in [5.41, 5.74) is 0.661. The summed E-state index contributed by atoms with van der Waals surface area (Å²) in [6, 6.07) is 6.23. The van der Waals surface area contributed by atoms with Crippen LogP contribution in [0.3, 0.4) is 0 Å². The Balaban J connectivity index is 1.54. The van der Waals surface area contributed by atoms with Crippen LogP contribution in [0.1, 0.15) is 49.5 Å². The van der Waals surface area contributed by atoms with Gasteiger partial charge in [-0.25, -0.2) is 17.9 Å². The fraction of sp³-hybridized carbons (Fsp3) is 0.542. The number of piperidine rings is 1. The molecule has 4 rings (SSSR count). The first-order chi connectivity index (χ1) is 17.3. The molecule has 1 amide bonds. The lowest BCUT2D eigenvalue weighted by atomic mass is 10.1. The van der Waals surface area contributed by atoms with Crippen molar-refractivity contribution in [3.63, 3.8) is 0 Å². The maximum Gasteiger partial charge on any atom is 0.340 e. The van der Waals surface area contributed by atoms with Gasteiger partial charge in [-0.15, -0.1) is 0 Å². The van der Waals surface area contributed by atoms with Crippen LogP contribution in [0.5, 0.6) is 0 Å². The zero-order chi connectivity index (χ0) is 25.7. The lowest BCUT2D eigenvalue weighted by Gasteiger charge is -2.31. The first-order valence-electron chi connectivity index (χ1n) is 12.2. The molecule has 3 heterocycles. The zero-order valence-electron chi connectivity index (χ0n) is 20.7. The Morgan fingerprint density at radius 1 is 1.08 bits per heavy atom. The molecule has 12 heteroatoms. The summed E-state index contributed by atoms with van der Waals surface area (Å²) in [6.07, 6.45) is 4.19. The standard InChI is InChI=1S/C24H33N5O6S/c1-18(2)29-22(8-9-25-29)26-23(30)17-35-24(31)20-16-19(36(32,33)28-10-4-3-5-11-28)6-7-21(20)27-12-14-34-15-13-27/h6-9,16,18H,3-5,10-15,17H2,1-2H3,(H,26,30). The van der Waals surface area contributed by atoms with Crippen LogP contribution in [0, 0.1) is 0 Å². The number of aromatic nitrogens is 2. The number of sulfonamides is 1. The van der Waals surface area contributed by atoms with E-state index in [1.807, 2.05) is 18.7 Å². The van der Waals surface area contributed by atoms with Crippen LogP contribution in [-0.2, 0) is 24.3 Å². The second-order valence-corrected chi connectivity index (χ2v) is 11.1. The molecule has 11 nitrogen and oxygen atoms in total. The van der Waals surface area contributed by atoms with Crippen molar-refractivity contribution >= 4 is 33.4 Å². The normalized spacial score (nSPS) is 17.2. The first-order valence-corrected chi connectivity index (χ1v) is 13.7. The first kappa shape index (κ1) is 26.1. The monoisotopic (exact) mass is 519 g/mol. The van der Waals surface area contributed by atoms with Crippen molar-refractivity contribution in [1.29, 1.82) is 0 Å². The van der Waals surface area contributed by atoms with E-state index in [1.165, 1.54) is 16.4 Å². The van der Waals surface area contributed by atoms with Gasteiger partial charge in [0.1, 0.15) is 5.82 Å². The molecule has 36 heavy (non-hydrogen) atoms. The van der Waals surface area contributed by atoms with E-state index in [2.05, 4.69) is 10.4 Å². The third-order valence-electron chi connectivity index (χ3n) is 6.25. The zero-order valence-corrected chi connectivity index (χ0v) is 21.5. The van der Waals surface area contributed by atoms with Crippen LogP contribution in [-0.4, -0.2) is 80.4 Å². The van der Waals surface area contributed by atoms with Crippen molar-refractivity contribution in [3.05, 3.63) is 36.0 Å². The van der Waals surface area contributed by atoms with Crippen LogP contribution in [0.2, 0.25) is 0 Å². The minimum atomic E-state index is -3.75. The Morgan fingerprint density at radius 2 is 1.81 bits per heavy atom. The fourth-order valence-corrected chi connectivity index (χ4v) is 5.93. The summed E-state index contributed by atoms with van der Waals surface area (Å²) in [4.78, 5) is 27.6. The molecule has 196 valence electrons. The second-order valence-electron chi connectivity index (χ2n) is 9.12. The van der Waals surface area contributed by atoms with E-state index < -0.39 is 28.5 Å². The molecule has 2 saturated heterocycles. The topological polar surface area (TPSA) is 123 Å². The summed E-state index contributed by atoms with van der Waals surface area (Å²) in [5.74, 6) is -0.787. The molecule has 1 N–H and O–H groups in total. The molecule has 2 aromatic rings. The number of rotatable bonds is 8. The molecule has 2 aliphatic rings. The summed E-state index contributed by atoms with van der Waals surface area (Å²) in [6.45, 7) is 6.36. The van der Waals surface area contributed by atoms with Gasteiger partial charge < -0.3 is 19.7 Å². The maximum atomic E-state index is 13.2. The Labute approximate surface area is 211 Å². The van der Waals surface area contributed by atoms with Gasteiger partial charge in [0.25, 0.3) is 5.91 Å². The van der Waals surface area contributed by atoms with Gasteiger partial charge in [-0.1, -0.05) is 6.42 Å².